The third-order valence-corrected chi connectivity index (χ3v) is 2.96. The Morgan fingerprint density at radius 1 is 1.15 bits per heavy atom. The van der Waals surface area contributed by atoms with E-state index in [9.17, 15) is 18.7 Å². The van der Waals surface area contributed by atoms with E-state index in [-0.39, 0.29) is 11.3 Å². The summed E-state index contributed by atoms with van der Waals surface area (Å²) < 4.78 is 26.3. The molecule has 0 aliphatic heterocycles. The van der Waals surface area contributed by atoms with Crippen LogP contribution in [0.2, 0.25) is 0 Å². The third-order valence-electron chi connectivity index (χ3n) is 2.96. The monoisotopic (exact) mass is 278 g/mol. The average Bonchev–Trinajstić information content (AvgIpc) is 2.41. The molecular weight excluding hydrogens is 266 g/mol. The highest BCUT2D eigenvalue weighted by Crippen LogP contribution is 2.32. The average molecular weight is 278 g/mol. The molecule has 0 bridgehead atoms. The Labute approximate surface area is 114 Å². The van der Waals surface area contributed by atoms with Gasteiger partial charge in [0, 0.05) is 12.7 Å². The summed E-state index contributed by atoms with van der Waals surface area (Å²) in [6, 6.07) is 7.88. The molecule has 2 aromatic rings. The Hall–Kier alpha value is -2.63. The van der Waals surface area contributed by atoms with Crippen molar-refractivity contribution in [1.29, 1.82) is 0 Å². The molecule has 3 N–H and O–H groups in total. The number of aromatic carboxylic acids is 1. The zero-order chi connectivity index (χ0) is 14.9. The molecular formula is C14H12F2N2O2. The maximum absolute atomic E-state index is 13.4. The highest BCUT2D eigenvalue weighted by molar-refractivity contribution is 6.01. The molecule has 0 amide bonds. The van der Waals surface area contributed by atoms with Crippen LogP contribution in [0.5, 0.6) is 0 Å². The predicted molar refractivity (Wildman–Crippen MR) is 72.2 cm³/mol. The van der Waals surface area contributed by atoms with Crippen LogP contribution in [0.3, 0.4) is 0 Å². The van der Waals surface area contributed by atoms with Crippen molar-refractivity contribution in [2.24, 2.45) is 0 Å². The number of hydrogen-bond acceptors (Lipinski definition) is 3. The van der Waals surface area contributed by atoms with Gasteiger partial charge in [-0.15, -0.1) is 0 Å². The summed E-state index contributed by atoms with van der Waals surface area (Å²) in [5.74, 6) is -2.52. The second-order valence-corrected chi connectivity index (χ2v) is 4.20. The molecule has 0 radical (unpaired) electrons. The van der Waals surface area contributed by atoms with Gasteiger partial charge in [-0.1, -0.05) is 0 Å². The van der Waals surface area contributed by atoms with Gasteiger partial charge < -0.3 is 15.7 Å². The SMILES string of the molecule is CN(c1ccc(F)cc1)c1ccc(F)c(N)c1C(=O)O. The van der Waals surface area contributed by atoms with Crippen molar-refractivity contribution in [1.82, 2.24) is 0 Å². The van der Waals surface area contributed by atoms with Gasteiger partial charge in [0.25, 0.3) is 0 Å². The van der Waals surface area contributed by atoms with Crippen LogP contribution >= 0.6 is 0 Å². The molecule has 0 unspecified atom stereocenters. The lowest BCUT2D eigenvalue weighted by Gasteiger charge is -2.22. The zero-order valence-electron chi connectivity index (χ0n) is 10.6. The van der Waals surface area contributed by atoms with Crippen LogP contribution in [0.25, 0.3) is 0 Å². The quantitative estimate of drug-likeness (QED) is 0.847. The molecule has 2 aromatic carbocycles. The first-order valence-corrected chi connectivity index (χ1v) is 5.72. The largest absolute Gasteiger partial charge is 0.478 e. The smallest absolute Gasteiger partial charge is 0.340 e. The maximum Gasteiger partial charge on any atom is 0.340 e. The van der Waals surface area contributed by atoms with Gasteiger partial charge in [0.15, 0.2) is 0 Å². The van der Waals surface area contributed by atoms with E-state index >= 15 is 0 Å². The minimum atomic E-state index is -1.33. The molecule has 0 heterocycles. The van der Waals surface area contributed by atoms with Crippen LogP contribution in [0.4, 0.5) is 25.8 Å². The summed E-state index contributed by atoms with van der Waals surface area (Å²) in [4.78, 5) is 12.8. The van der Waals surface area contributed by atoms with Crippen LogP contribution in [-0.4, -0.2) is 18.1 Å². The van der Waals surface area contributed by atoms with E-state index in [2.05, 4.69) is 0 Å². The summed E-state index contributed by atoms with van der Waals surface area (Å²) in [5.41, 5.74) is 5.51. The normalized spacial score (nSPS) is 10.3. The van der Waals surface area contributed by atoms with E-state index in [1.807, 2.05) is 0 Å². The number of nitrogen functional groups attached to an aromatic ring is 1. The first-order valence-electron chi connectivity index (χ1n) is 5.72. The number of carbonyl (C=O) groups is 1. The first kappa shape index (κ1) is 13.8. The van der Waals surface area contributed by atoms with E-state index < -0.39 is 23.3 Å². The van der Waals surface area contributed by atoms with Crippen molar-refractivity contribution in [3.05, 3.63) is 53.6 Å². The number of nitrogens with zero attached hydrogens (tertiary/aromatic N) is 1. The van der Waals surface area contributed by atoms with E-state index in [0.717, 1.165) is 6.07 Å². The Bertz CT molecular complexity index is 657. The first-order chi connectivity index (χ1) is 9.41. The molecule has 0 saturated heterocycles. The fourth-order valence-electron chi connectivity index (χ4n) is 1.89. The van der Waals surface area contributed by atoms with Crippen molar-refractivity contribution < 1.29 is 18.7 Å². The second kappa shape index (κ2) is 5.16. The van der Waals surface area contributed by atoms with Crippen molar-refractivity contribution in [3.63, 3.8) is 0 Å². The van der Waals surface area contributed by atoms with Crippen LogP contribution < -0.4 is 10.6 Å². The molecule has 0 fully saturated rings. The molecule has 2 rings (SSSR count). The third kappa shape index (κ3) is 2.40. The van der Waals surface area contributed by atoms with Gasteiger partial charge >= 0.3 is 5.97 Å². The van der Waals surface area contributed by atoms with Crippen molar-refractivity contribution in [2.45, 2.75) is 0 Å². The Morgan fingerprint density at radius 2 is 1.75 bits per heavy atom. The summed E-state index contributed by atoms with van der Waals surface area (Å²) in [6.45, 7) is 0. The minimum absolute atomic E-state index is 0.225. The van der Waals surface area contributed by atoms with Crippen molar-refractivity contribution >= 4 is 23.0 Å². The number of nitrogens with two attached hydrogens (primary N) is 1. The number of halogens is 2. The fourth-order valence-corrected chi connectivity index (χ4v) is 1.89. The Kier molecular flexibility index (Phi) is 3.56. The van der Waals surface area contributed by atoms with Crippen LogP contribution in [-0.2, 0) is 0 Å². The highest BCUT2D eigenvalue weighted by atomic mass is 19.1. The summed E-state index contributed by atoms with van der Waals surface area (Å²) in [7, 11) is 1.59. The molecule has 0 spiro atoms. The van der Waals surface area contributed by atoms with Gasteiger partial charge in [-0.05, 0) is 36.4 Å². The minimum Gasteiger partial charge on any atom is -0.478 e. The van der Waals surface area contributed by atoms with Gasteiger partial charge in [0.1, 0.15) is 17.2 Å². The summed E-state index contributed by atoms with van der Waals surface area (Å²) >= 11 is 0. The molecule has 0 aromatic heterocycles. The number of carboxylic acids is 1. The van der Waals surface area contributed by atoms with Gasteiger partial charge in [-0.25, -0.2) is 13.6 Å². The molecule has 6 heteroatoms. The topological polar surface area (TPSA) is 66.6 Å². The van der Waals surface area contributed by atoms with Crippen LogP contribution in [0, 0.1) is 11.6 Å². The van der Waals surface area contributed by atoms with Gasteiger partial charge in [0.2, 0.25) is 0 Å². The van der Waals surface area contributed by atoms with Gasteiger partial charge in [-0.3, -0.25) is 0 Å². The fraction of sp³-hybridized carbons (Fsp3) is 0.0714. The van der Waals surface area contributed by atoms with E-state index in [1.165, 1.54) is 35.2 Å². The zero-order valence-corrected chi connectivity index (χ0v) is 10.6. The molecule has 0 atom stereocenters. The molecule has 0 saturated carbocycles. The van der Waals surface area contributed by atoms with Crippen molar-refractivity contribution in [3.8, 4) is 0 Å². The van der Waals surface area contributed by atoms with Gasteiger partial charge in [0.05, 0.1) is 11.4 Å². The number of carboxylic acid groups (broad SMARTS) is 1. The van der Waals surface area contributed by atoms with Crippen LogP contribution in [0.15, 0.2) is 36.4 Å². The lowest BCUT2D eigenvalue weighted by atomic mass is 10.1. The highest BCUT2D eigenvalue weighted by Gasteiger charge is 2.20. The second-order valence-electron chi connectivity index (χ2n) is 4.20. The van der Waals surface area contributed by atoms with E-state index in [1.54, 1.807) is 7.05 Å². The standard InChI is InChI=1S/C14H12F2N2O2/c1-18(9-4-2-8(15)3-5-9)11-7-6-10(16)13(17)12(11)14(19)20/h2-7H,17H2,1H3,(H,19,20). The van der Waals surface area contributed by atoms with E-state index in [4.69, 9.17) is 5.73 Å². The number of benzene rings is 2. The summed E-state index contributed by atoms with van der Waals surface area (Å²) in [5, 5.41) is 9.18. The number of rotatable bonds is 3. The predicted octanol–water partition coefficient (Wildman–Crippen LogP) is 3.01. The maximum atomic E-state index is 13.4. The number of anilines is 3. The summed E-state index contributed by atoms with van der Waals surface area (Å²) in [6.07, 6.45) is 0. The lowest BCUT2D eigenvalue weighted by Crippen LogP contribution is -2.16. The van der Waals surface area contributed by atoms with Gasteiger partial charge in [-0.2, -0.15) is 0 Å². The van der Waals surface area contributed by atoms with Crippen LogP contribution in [0.1, 0.15) is 10.4 Å². The Morgan fingerprint density at radius 3 is 2.30 bits per heavy atom. The lowest BCUT2D eigenvalue weighted by molar-refractivity contribution is 0.0698. The number of hydrogen-bond donors (Lipinski definition) is 2. The Balaban J connectivity index is 2.54. The molecule has 0 aliphatic rings. The van der Waals surface area contributed by atoms with Crippen molar-refractivity contribution in [2.75, 3.05) is 17.7 Å². The molecule has 0 aliphatic carbocycles. The molecule has 104 valence electrons. The molecule has 20 heavy (non-hydrogen) atoms. The van der Waals surface area contributed by atoms with E-state index in [0.29, 0.717) is 5.69 Å². The molecule has 4 nitrogen and oxygen atoms in total.